The van der Waals surface area contributed by atoms with E-state index in [9.17, 15) is 4.79 Å². The molecule has 0 atom stereocenters. The lowest BCUT2D eigenvalue weighted by Gasteiger charge is -2.26. The Kier molecular flexibility index (Phi) is 6.68. The van der Waals surface area contributed by atoms with E-state index < -0.39 is 0 Å². The highest BCUT2D eigenvalue weighted by Gasteiger charge is 2.16. The molecule has 1 aliphatic heterocycles. The Labute approximate surface area is 174 Å². The number of hydrogen-bond acceptors (Lipinski definition) is 7. The van der Waals surface area contributed by atoms with Gasteiger partial charge in [-0.25, -0.2) is 0 Å². The molecular weight excluding hydrogens is 384 g/mol. The van der Waals surface area contributed by atoms with Gasteiger partial charge in [-0.2, -0.15) is 0 Å². The van der Waals surface area contributed by atoms with E-state index in [1.807, 2.05) is 48.5 Å². The highest BCUT2D eigenvalue weighted by atomic mass is 16.5. The first-order valence-electron chi connectivity index (χ1n) is 9.97. The average Bonchev–Trinajstić information content (AvgIpc) is 3.29. The van der Waals surface area contributed by atoms with Gasteiger partial charge in [0.1, 0.15) is 5.75 Å². The van der Waals surface area contributed by atoms with Gasteiger partial charge in [0.25, 0.3) is 11.8 Å². The number of ether oxygens (including phenoxy) is 2. The molecule has 0 bridgehead atoms. The predicted molar refractivity (Wildman–Crippen MR) is 111 cm³/mol. The number of carbonyl (C=O) groups is 1. The Balaban J connectivity index is 1.33. The second kappa shape index (κ2) is 10.00. The number of carbonyl (C=O) groups excluding carboxylic acids is 1. The number of benzene rings is 2. The van der Waals surface area contributed by atoms with Gasteiger partial charge in [0.2, 0.25) is 5.89 Å². The number of rotatable bonds is 8. The lowest BCUT2D eigenvalue weighted by atomic mass is 10.2. The van der Waals surface area contributed by atoms with Crippen molar-refractivity contribution >= 4 is 5.91 Å². The van der Waals surface area contributed by atoms with Crippen molar-refractivity contribution in [1.29, 1.82) is 0 Å². The molecular formula is C22H24N4O4. The summed E-state index contributed by atoms with van der Waals surface area (Å²) in [7, 11) is 0. The number of para-hydroxylation sites is 1. The third-order valence-corrected chi connectivity index (χ3v) is 4.78. The molecule has 0 spiro atoms. The lowest BCUT2D eigenvalue weighted by molar-refractivity contribution is -0.123. The minimum Gasteiger partial charge on any atom is -0.483 e. The summed E-state index contributed by atoms with van der Waals surface area (Å²) in [5.74, 6) is 1.12. The summed E-state index contributed by atoms with van der Waals surface area (Å²) in [5.41, 5.74) is 1.49. The minimum absolute atomic E-state index is 0.0835. The first-order valence-corrected chi connectivity index (χ1v) is 9.97. The molecule has 8 nitrogen and oxygen atoms in total. The number of nitrogens with one attached hydrogen (secondary N) is 1. The second-order valence-corrected chi connectivity index (χ2v) is 6.87. The number of morpholine rings is 1. The maximum atomic E-state index is 12.2. The van der Waals surface area contributed by atoms with Gasteiger partial charge in [0, 0.05) is 31.7 Å². The molecule has 0 radical (unpaired) electrons. The topological polar surface area (TPSA) is 89.7 Å². The first kappa shape index (κ1) is 20.1. The van der Waals surface area contributed by atoms with Crippen LogP contribution in [0.25, 0.3) is 22.9 Å². The van der Waals surface area contributed by atoms with E-state index >= 15 is 0 Å². The molecule has 1 N–H and O–H groups in total. The summed E-state index contributed by atoms with van der Waals surface area (Å²) in [6, 6.07) is 16.9. The Morgan fingerprint density at radius 3 is 2.57 bits per heavy atom. The Hall–Kier alpha value is -3.23. The van der Waals surface area contributed by atoms with E-state index in [2.05, 4.69) is 20.4 Å². The standard InChI is InChI=1S/C22H24N4O4/c27-20(23-10-11-26-12-14-28-15-13-26)16-29-19-9-5-4-8-18(19)22-25-24-21(30-22)17-6-2-1-3-7-17/h1-9H,10-16H2,(H,23,27). The van der Waals surface area contributed by atoms with Crippen molar-refractivity contribution in [1.82, 2.24) is 20.4 Å². The van der Waals surface area contributed by atoms with Gasteiger partial charge < -0.3 is 19.2 Å². The number of hydrogen-bond donors (Lipinski definition) is 1. The summed E-state index contributed by atoms with van der Waals surface area (Å²) in [6.07, 6.45) is 0. The minimum atomic E-state index is -0.173. The van der Waals surface area contributed by atoms with E-state index in [0.717, 1.165) is 38.4 Å². The van der Waals surface area contributed by atoms with Crippen molar-refractivity contribution in [2.45, 2.75) is 0 Å². The van der Waals surface area contributed by atoms with Crippen LogP contribution >= 0.6 is 0 Å². The van der Waals surface area contributed by atoms with Gasteiger partial charge in [-0.15, -0.1) is 10.2 Å². The Morgan fingerprint density at radius 2 is 1.73 bits per heavy atom. The van der Waals surface area contributed by atoms with Crippen LogP contribution in [0, 0.1) is 0 Å². The molecule has 2 aromatic carbocycles. The van der Waals surface area contributed by atoms with Crippen molar-refractivity contribution in [2.75, 3.05) is 46.0 Å². The van der Waals surface area contributed by atoms with Crippen LogP contribution in [0.1, 0.15) is 0 Å². The lowest BCUT2D eigenvalue weighted by Crippen LogP contribution is -2.42. The largest absolute Gasteiger partial charge is 0.483 e. The molecule has 30 heavy (non-hydrogen) atoms. The van der Waals surface area contributed by atoms with Gasteiger partial charge in [0.05, 0.1) is 18.8 Å². The Morgan fingerprint density at radius 1 is 1.00 bits per heavy atom. The van der Waals surface area contributed by atoms with Gasteiger partial charge in [-0.05, 0) is 24.3 Å². The molecule has 0 saturated carbocycles. The van der Waals surface area contributed by atoms with E-state index in [1.54, 1.807) is 6.07 Å². The maximum absolute atomic E-state index is 12.2. The van der Waals surface area contributed by atoms with Gasteiger partial charge >= 0.3 is 0 Å². The highest BCUT2D eigenvalue weighted by Crippen LogP contribution is 2.30. The third-order valence-electron chi connectivity index (χ3n) is 4.78. The fourth-order valence-corrected chi connectivity index (χ4v) is 3.17. The van der Waals surface area contributed by atoms with Crippen LogP contribution in [-0.4, -0.2) is 67.0 Å². The molecule has 156 valence electrons. The third kappa shape index (κ3) is 5.22. The monoisotopic (exact) mass is 408 g/mol. The summed E-state index contributed by atoms with van der Waals surface area (Å²) >= 11 is 0. The van der Waals surface area contributed by atoms with Gasteiger partial charge in [-0.3, -0.25) is 9.69 Å². The summed E-state index contributed by atoms with van der Waals surface area (Å²) in [5, 5.41) is 11.1. The number of amides is 1. The van der Waals surface area contributed by atoms with Crippen molar-refractivity contribution < 1.29 is 18.7 Å². The number of aromatic nitrogens is 2. The first-order chi connectivity index (χ1) is 14.8. The van der Waals surface area contributed by atoms with E-state index in [0.29, 0.717) is 29.6 Å². The van der Waals surface area contributed by atoms with Crippen molar-refractivity contribution in [3.63, 3.8) is 0 Å². The van der Waals surface area contributed by atoms with Crippen molar-refractivity contribution in [2.24, 2.45) is 0 Å². The summed E-state index contributed by atoms with van der Waals surface area (Å²) < 4.78 is 16.9. The fourth-order valence-electron chi connectivity index (χ4n) is 3.17. The smallest absolute Gasteiger partial charge is 0.257 e. The van der Waals surface area contributed by atoms with Crippen molar-refractivity contribution in [3.8, 4) is 28.7 Å². The molecule has 1 fully saturated rings. The molecule has 1 amide bonds. The Bertz CT molecular complexity index is 955. The maximum Gasteiger partial charge on any atom is 0.257 e. The van der Waals surface area contributed by atoms with Crippen LogP contribution in [0.5, 0.6) is 5.75 Å². The number of nitrogens with zero attached hydrogens (tertiary/aromatic N) is 3. The molecule has 0 aliphatic carbocycles. The molecule has 1 aliphatic rings. The van der Waals surface area contributed by atoms with Crippen LogP contribution in [0.2, 0.25) is 0 Å². The van der Waals surface area contributed by atoms with E-state index in [4.69, 9.17) is 13.9 Å². The summed E-state index contributed by atoms with van der Waals surface area (Å²) in [4.78, 5) is 14.4. The normalized spacial score (nSPS) is 14.4. The zero-order valence-electron chi connectivity index (χ0n) is 16.6. The average molecular weight is 408 g/mol. The molecule has 0 unspecified atom stereocenters. The van der Waals surface area contributed by atoms with E-state index in [1.165, 1.54) is 0 Å². The van der Waals surface area contributed by atoms with Crippen LogP contribution in [0.15, 0.2) is 59.0 Å². The van der Waals surface area contributed by atoms with Crippen LogP contribution in [0.4, 0.5) is 0 Å². The molecule has 2 heterocycles. The molecule has 4 rings (SSSR count). The molecule has 1 aromatic heterocycles. The fraction of sp³-hybridized carbons (Fsp3) is 0.318. The van der Waals surface area contributed by atoms with Gasteiger partial charge in [0.15, 0.2) is 6.61 Å². The zero-order chi connectivity index (χ0) is 20.6. The molecule has 3 aromatic rings. The van der Waals surface area contributed by atoms with Crippen LogP contribution in [-0.2, 0) is 9.53 Å². The van der Waals surface area contributed by atoms with Crippen LogP contribution < -0.4 is 10.1 Å². The summed E-state index contributed by atoms with van der Waals surface area (Å²) in [6.45, 7) is 4.58. The van der Waals surface area contributed by atoms with Crippen LogP contribution in [0.3, 0.4) is 0 Å². The second-order valence-electron chi connectivity index (χ2n) is 6.87. The molecule has 8 heteroatoms. The van der Waals surface area contributed by atoms with Crippen molar-refractivity contribution in [3.05, 3.63) is 54.6 Å². The zero-order valence-corrected chi connectivity index (χ0v) is 16.6. The SMILES string of the molecule is O=C(COc1ccccc1-c1nnc(-c2ccccc2)o1)NCCN1CCOCC1. The molecule has 1 saturated heterocycles. The van der Waals surface area contributed by atoms with Gasteiger partial charge in [-0.1, -0.05) is 30.3 Å². The highest BCUT2D eigenvalue weighted by molar-refractivity contribution is 5.78. The predicted octanol–water partition coefficient (Wildman–Crippen LogP) is 2.23. The quantitative estimate of drug-likeness (QED) is 0.611. The van der Waals surface area contributed by atoms with E-state index in [-0.39, 0.29) is 12.5 Å².